The summed E-state index contributed by atoms with van der Waals surface area (Å²) in [6.07, 6.45) is 0. The monoisotopic (exact) mass is 278 g/mol. The molecule has 19 heavy (non-hydrogen) atoms. The molecule has 4 heteroatoms. The molecule has 0 saturated carbocycles. The summed E-state index contributed by atoms with van der Waals surface area (Å²) < 4.78 is 5.61. The van der Waals surface area contributed by atoms with Crippen LogP contribution in [-0.4, -0.2) is 4.98 Å². The molecule has 104 valence electrons. The molecule has 0 aliphatic rings. The van der Waals surface area contributed by atoms with Gasteiger partial charge in [0.25, 0.3) is 0 Å². The zero-order valence-electron chi connectivity index (χ0n) is 12.3. The fraction of sp³-hybridized carbons (Fsp3) is 0.533. The molecule has 0 aliphatic heterocycles. The third-order valence-electron chi connectivity index (χ3n) is 3.07. The van der Waals surface area contributed by atoms with Crippen molar-refractivity contribution in [1.29, 1.82) is 0 Å². The van der Waals surface area contributed by atoms with Crippen molar-refractivity contribution in [3.8, 4) is 0 Å². The first-order valence-corrected chi connectivity index (χ1v) is 7.49. The van der Waals surface area contributed by atoms with Crippen molar-refractivity contribution in [2.75, 3.05) is 0 Å². The molecule has 2 aromatic rings. The van der Waals surface area contributed by atoms with Gasteiger partial charge in [-0.3, -0.25) is 0 Å². The molecule has 1 N–H and O–H groups in total. The predicted octanol–water partition coefficient (Wildman–Crippen LogP) is 4.19. The van der Waals surface area contributed by atoms with E-state index in [2.05, 4.69) is 43.4 Å². The zero-order valence-corrected chi connectivity index (χ0v) is 13.1. The molecule has 0 fully saturated rings. The zero-order chi connectivity index (χ0) is 14.0. The van der Waals surface area contributed by atoms with Crippen molar-refractivity contribution in [3.63, 3.8) is 0 Å². The minimum atomic E-state index is 0.124. The molecule has 3 nitrogen and oxygen atoms in total. The SMILES string of the molecule is Cc1ccc(C(C)NCc2nc(C(C)(C)C)cs2)o1. The largest absolute Gasteiger partial charge is 0.465 e. The Balaban J connectivity index is 1.94. The van der Waals surface area contributed by atoms with Crippen LogP contribution in [0.25, 0.3) is 0 Å². The third-order valence-corrected chi connectivity index (χ3v) is 3.92. The highest BCUT2D eigenvalue weighted by Crippen LogP contribution is 2.24. The van der Waals surface area contributed by atoms with E-state index in [1.165, 1.54) is 0 Å². The lowest BCUT2D eigenvalue weighted by molar-refractivity contribution is 0.415. The van der Waals surface area contributed by atoms with Crippen molar-refractivity contribution in [2.45, 2.75) is 52.6 Å². The van der Waals surface area contributed by atoms with Crippen LogP contribution in [0.3, 0.4) is 0 Å². The summed E-state index contributed by atoms with van der Waals surface area (Å²) in [4.78, 5) is 4.68. The number of thiazole rings is 1. The number of nitrogens with one attached hydrogen (secondary N) is 1. The molecular weight excluding hydrogens is 256 g/mol. The van der Waals surface area contributed by atoms with Crippen molar-refractivity contribution in [3.05, 3.63) is 39.7 Å². The van der Waals surface area contributed by atoms with Gasteiger partial charge < -0.3 is 9.73 Å². The van der Waals surface area contributed by atoms with E-state index in [9.17, 15) is 0 Å². The van der Waals surface area contributed by atoms with Crippen molar-refractivity contribution >= 4 is 11.3 Å². The maximum atomic E-state index is 5.61. The fourth-order valence-electron chi connectivity index (χ4n) is 1.76. The number of rotatable bonds is 4. The average molecular weight is 278 g/mol. The van der Waals surface area contributed by atoms with Crippen LogP contribution in [0, 0.1) is 6.92 Å². The lowest BCUT2D eigenvalue weighted by Crippen LogP contribution is -2.18. The molecule has 0 radical (unpaired) electrons. The van der Waals surface area contributed by atoms with E-state index in [0.717, 1.165) is 28.8 Å². The van der Waals surface area contributed by atoms with E-state index in [1.54, 1.807) is 11.3 Å². The topological polar surface area (TPSA) is 38.1 Å². The van der Waals surface area contributed by atoms with Gasteiger partial charge >= 0.3 is 0 Å². The second-order valence-electron chi connectivity index (χ2n) is 5.93. The first-order valence-electron chi connectivity index (χ1n) is 6.61. The highest BCUT2D eigenvalue weighted by atomic mass is 32.1. The normalized spacial score (nSPS) is 13.7. The third kappa shape index (κ3) is 3.67. The van der Waals surface area contributed by atoms with Crippen molar-refractivity contribution < 1.29 is 4.42 Å². The first-order chi connectivity index (χ1) is 8.86. The molecule has 0 saturated heterocycles. The molecule has 1 atom stereocenters. The number of aryl methyl sites for hydroxylation is 1. The maximum Gasteiger partial charge on any atom is 0.120 e. The van der Waals surface area contributed by atoms with Gasteiger partial charge in [0.2, 0.25) is 0 Å². The van der Waals surface area contributed by atoms with Crippen molar-refractivity contribution in [2.24, 2.45) is 0 Å². The summed E-state index contributed by atoms with van der Waals surface area (Å²) >= 11 is 1.71. The number of furan rings is 1. The van der Waals surface area contributed by atoms with E-state index < -0.39 is 0 Å². The van der Waals surface area contributed by atoms with Gasteiger partial charge in [0, 0.05) is 17.3 Å². The molecule has 0 bridgehead atoms. The standard InChI is InChI=1S/C15H22N2OS/c1-10-6-7-12(18-10)11(2)16-8-14-17-13(9-19-14)15(3,4)5/h6-7,9,11,16H,8H2,1-5H3. The number of hydrogen-bond acceptors (Lipinski definition) is 4. The molecule has 0 aromatic carbocycles. The van der Waals surface area contributed by atoms with Gasteiger partial charge in [-0.2, -0.15) is 0 Å². The molecular formula is C15H22N2OS. The van der Waals surface area contributed by atoms with E-state index in [0.29, 0.717) is 0 Å². The van der Waals surface area contributed by atoms with Crippen LogP contribution in [-0.2, 0) is 12.0 Å². The van der Waals surface area contributed by atoms with Gasteiger partial charge in [0.05, 0.1) is 11.7 Å². The Morgan fingerprint density at radius 1 is 1.37 bits per heavy atom. The van der Waals surface area contributed by atoms with Crippen LogP contribution < -0.4 is 5.32 Å². The van der Waals surface area contributed by atoms with Gasteiger partial charge in [0.1, 0.15) is 16.5 Å². The number of nitrogens with zero attached hydrogens (tertiary/aromatic N) is 1. The molecule has 1 unspecified atom stereocenters. The second kappa shape index (κ2) is 5.47. The summed E-state index contributed by atoms with van der Waals surface area (Å²) in [6.45, 7) is 11.4. The summed E-state index contributed by atoms with van der Waals surface area (Å²) in [5.74, 6) is 1.93. The molecule has 0 amide bonds. The van der Waals surface area contributed by atoms with Crippen LogP contribution in [0.4, 0.5) is 0 Å². The molecule has 0 aliphatic carbocycles. The van der Waals surface area contributed by atoms with Gasteiger partial charge in [-0.05, 0) is 26.0 Å². The van der Waals surface area contributed by atoms with E-state index in [1.807, 2.05) is 19.1 Å². The Morgan fingerprint density at radius 3 is 2.63 bits per heavy atom. The van der Waals surface area contributed by atoms with Crippen LogP contribution in [0.1, 0.15) is 56.0 Å². The van der Waals surface area contributed by atoms with Gasteiger partial charge in [-0.1, -0.05) is 20.8 Å². The summed E-state index contributed by atoms with van der Waals surface area (Å²) in [5.41, 5.74) is 1.29. The molecule has 2 aromatic heterocycles. The lowest BCUT2D eigenvalue weighted by atomic mass is 9.93. The first kappa shape index (κ1) is 14.3. The van der Waals surface area contributed by atoms with Gasteiger partial charge in [0.15, 0.2) is 0 Å². The lowest BCUT2D eigenvalue weighted by Gasteiger charge is -2.14. The Labute approximate surface area is 119 Å². The van der Waals surface area contributed by atoms with Crippen LogP contribution in [0.15, 0.2) is 21.9 Å². The quantitative estimate of drug-likeness (QED) is 0.911. The Morgan fingerprint density at radius 2 is 2.11 bits per heavy atom. The molecule has 2 rings (SSSR count). The van der Waals surface area contributed by atoms with Crippen LogP contribution in [0.2, 0.25) is 0 Å². The minimum absolute atomic E-state index is 0.124. The Bertz CT molecular complexity index is 536. The van der Waals surface area contributed by atoms with Gasteiger partial charge in [-0.15, -0.1) is 11.3 Å². The van der Waals surface area contributed by atoms with Crippen LogP contribution >= 0.6 is 11.3 Å². The van der Waals surface area contributed by atoms with Crippen molar-refractivity contribution in [1.82, 2.24) is 10.3 Å². The minimum Gasteiger partial charge on any atom is -0.465 e. The van der Waals surface area contributed by atoms with E-state index in [4.69, 9.17) is 4.42 Å². The molecule has 0 spiro atoms. The summed E-state index contributed by atoms with van der Waals surface area (Å²) in [5, 5.41) is 6.72. The Kier molecular flexibility index (Phi) is 4.11. The fourth-order valence-corrected chi connectivity index (χ4v) is 2.74. The summed E-state index contributed by atoms with van der Waals surface area (Å²) in [6, 6.07) is 4.22. The van der Waals surface area contributed by atoms with E-state index >= 15 is 0 Å². The van der Waals surface area contributed by atoms with Gasteiger partial charge in [-0.25, -0.2) is 4.98 Å². The number of aromatic nitrogens is 1. The van der Waals surface area contributed by atoms with E-state index in [-0.39, 0.29) is 11.5 Å². The second-order valence-corrected chi connectivity index (χ2v) is 6.87. The highest BCUT2D eigenvalue weighted by Gasteiger charge is 2.17. The highest BCUT2D eigenvalue weighted by molar-refractivity contribution is 7.09. The van der Waals surface area contributed by atoms with Crippen LogP contribution in [0.5, 0.6) is 0 Å². The average Bonchev–Trinajstić information content (AvgIpc) is 2.93. The molecule has 2 heterocycles. The summed E-state index contributed by atoms with van der Waals surface area (Å²) in [7, 11) is 0. The maximum absolute atomic E-state index is 5.61. The Hall–Kier alpha value is -1.13. The number of hydrogen-bond donors (Lipinski definition) is 1. The predicted molar refractivity (Wildman–Crippen MR) is 79.5 cm³/mol. The smallest absolute Gasteiger partial charge is 0.120 e.